The molecule has 0 aliphatic carbocycles. The molecule has 21 heavy (non-hydrogen) atoms. The van der Waals surface area contributed by atoms with Crippen LogP contribution in [0.5, 0.6) is 11.6 Å². The summed E-state index contributed by atoms with van der Waals surface area (Å²) in [4.78, 5) is 24.6. The number of hydrogen-bond donors (Lipinski definition) is 1. The van der Waals surface area contributed by atoms with E-state index in [1.807, 2.05) is 0 Å². The van der Waals surface area contributed by atoms with Gasteiger partial charge in [-0.2, -0.15) is 0 Å². The fourth-order valence-corrected chi connectivity index (χ4v) is 1.56. The molecule has 0 fully saturated rings. The predicted molar refractivity (Wildman–Crippen MR) is 69.1 cm³/mol. The molecule has 0 radical (unpaired) electrons. The Morgan fingerprint density at radius 3 is 2.76 bits per heavy atom. The third kappa shape index (κ3) is 3.11. The number of halogens is 1. The zero-order chi connectivity index (χ0) is 15.6. The van der Waals surface area contributed by atoms with E-state index in [1.54, 1.807) is 6.92 Å². The quantitative estimate of drug-likeness (QED) is 0.686. The van der Waals surface area contributed by atoms with Crippen molar-refractivity contribution >= 4 is 11.7 Å². The molecule has 7 nitrogen and oxygen atoms in total. The van der Waals surface area contributed by atoms with Crippen LogP contribution in [0.3, 0.4) is 0 Å². The molecule has 0 unspecified atom stereocenters. The second kappa shape index (κ2) is 5.53. The van der Waals surface area contributed by atoms with Crippen molar-refractivity contribution in [2.45, 2.75) is 6.92 Å². The molecule has 1 heterocycles. The summed E-state index contributed by atoms with van der Waals surface area (Å²) < 4.78 is 18.4. The van der Waals surface area contributed by atoms with Crippen LogP contribution in [-0.2, 0) is 0 Å². The topological polar surface area (TPSA) is 103 Å². The largest absolute Gasteiger partial charge is 0.477 e. The van der Waals surface area contributed by atoms with Crippen molar-refractivity contribution in [1.29, 1.82) is 0 Å². The number of nitrogens with zero attached hydrogens (tertiary/aromatic N) is 2. The van der Waals surface area contributed by atoms with Gasteiger partial charge in [0.15, 0.2) is 0 Å². The van der Waals surface area contributed by atoms with Crippen LogP contribution in [0, 0.1) is 22.9 Å². The normalized spacial score (nSPS) is 10.2. The van der Waals surface area contributed by atoms with Crippen molar-refractivity contribution in [3.63, 3.8) is 0 Å². The Bertz CT molecular complexity index is 732. The van der Waals surface area contributed by atoms with E-state index in [0.29, 0.717) is 5.56 Å². The molecule has 0 aliphatic rings. The number of carbonyl (C=O) groups is 1. The number of benzene rings is 1. The molecule has 0 spiro atoms. The summed E-state index contributed by atoms with van der Waals surface area (Å²) in [5, 5.41) is 19.7. The summed E-state index contributed by atoms with van der Waals surface area (Å²) in [6.07, 6.45) is 0.871. The van der Waals surface area contributed by atoms with Crippen LogP contribution in [0.25, 0.3) is 0 Å². The van der Waals surface area contributed by atoms with Gasteiger partial charge in [-0.05, 0) is 18.6 Å². The van der Waals surface area contributed by atoms with E-state index in [0.717, 1.165) is 18.3 Å². The monoisotopic (exact) mass is 292 g/mol. The minimum atomic E-state index is -1.43. The molecule has 0 atom stereocenters. The first-order chi connectivity index (χ1) is 9.88. The van der Waals surface area contributed by atoms with Gasteiger partial charge in [-0.25, -0.2) is 14.2 Å². The SMILES string of the molecule is Cc1ccc(F)cc1Oc1ncc([N+](=O)[O-])cc1C(=O)O. The third-order valence-electron chi connectivity index (χ3n) is 2.63. The smallest absolute Gasteiger partial charge is 0.341 e. The Morgan fingerprint density at radius 2 is 2.14 bits per heavy atom. The van der Waals surface area contributed by atoms with E-state index in [4.69, 9.17) is 9.84 Å². The Hall–Kier alpha value is -3.03. The highest BCUT2D eigenvalue weighted by molar-refractivity contribution is 5.91. The highest BCUT2D eigenvalue weighted by atomic mass is 19.1. The first kappa shape index (κ1) is 14.4. The lowest BCUT2D eigenvalue weighted by Gasteiger charge is -2.09. The van der Waals surface area contributed by atoms with E-state index < -0.39 is 28.0 Å². The maximum atomic E-state index is 13.2. The lowest BCUT2D eigenvalue weighted by atomic mass is 10.2. The zero-order valence-corrected chi connectivity index (χ0v) is 10.7. The Balaban J connectivity index is 2.46. The second-order valence-corrected chi connectivity index (χ2v) is 4.12. The van der Waals surface area contributed by atoms with Crippen LogP contribution in [0.4, 0.5) is 10.1 Å². The van der Waals surface area contributed by atoms with Gasteiger partial charge in [0, 0.05) is 12.1 Å². The maximum Gasteiger partial charge on any atom is 0.341 e. The van der Waals surface area contributed by atoms with Crippen LogP contribution < -0.4 is 4.74 Å². The molecule has 0 saturated heterocycles. The molecule has 1 N–H and O–H groups in total. The van der Waals surface area contributed by atoms with Gasteiger partial charge < -0.3 is 9.84 Å². The molecule has 8 heteroatoms. The van der Waals surface area contributed by atoms with E-state index in [-0.39, 0.29) is 11.6 Å². The Kier molecular flexibility index (Phi) is 3.79. The van der Waals surface area contributed by atoms with Crippen molar-refractivity contribution in [3.8, 4) is 11.6 Å². The summed E-state index contributed by atoms with van der Waals surface area (Å²) in [5.41, 5.74) is -0.392. The molecule has 2 rings (SSSR count). The van der Waals surface area contributed by atoms with Gasteiger partial charge in [-0.15, -0.1) is 0 Å². The highest BCUT2D eigenvalue weighted by Crippen LogP contribution is 2.28. The van der Waals surface area contributed by atoms with Crippen molar-refractivity contribution in [2.24, 2.45) is 0 Å². The second-order valence-electron chi connectivity index (χ2n) is 4.12. The van der Waals surface area contributed by atoms with Gasteiger partial charge in [-0.3, -0.25) is 10.1 Å². The average molecular weight is 292 g/mol. The van der Waals surface area contributed by atoms with Gasteiger partial charge in [0.2, 0.25) is 5.88 Å². The standard InChI is InChI=1S/C13H9FN2O5/c1-7-2-3-8(14)4-11(7)21-12-10(13(17)18)5-9(6-15-12)16(19)20/h2-6H,1H3,(H,17,18). The fourth-order valence-electron chi connectivity index (χ4n) is 1.56. The summed E-state index contributed by atoms with van der Waals surface area (Å²) in [5.74, 6) is -2.26. The average Bonchev–Trinajstić information content (AvgIpc) is 2.42. The molecule has 0 amide bonds. The maximum absolute atomic E-state index is 13.2. The van der Waals surface area contributed by atoms with Crippen LogP contribution in [-0.4, -0.2) is 21.0 Å². The van der Waals surface area contributed by atoms with Crippen LogP contribution in [0.15, 0.2) is 30.5 Å². The van der Waals surface area contributed by atoms with E-state index >= 15 is 0 Å². The minimum absolute atomic E-state index is 0.0823. The molecule has 1 aromatic carbocycles. The minimum Gasteiger partial charge on any atom is -0.477 e. The van der Waals surface area contributed by atoms with Crippen molar-refractivity contribution in [1.82, 2.24) is 4.98 Å². The van der Waals surface area contributed by atoms with Crippen molar-refractivity contribution in [3.05, 3.63) is 57.5 Å². The molecule has 0 bridgehead atoms. The number of pyridine rings is 1. The fraction of sp³-hybridized carbons (Fsp3) is 0.0769. The van der Waals surface area contributed by atoms with Gasteiger partial charge in [0.05, 0.1) is 4.92 Å². The number of ether oxygens (including phenoxy) is 1. The molecule has 0 saturated carbocycles. The first-order valence-corrected chi connectivity index (χ1v) is 5.70. The van der Waals surface area contributed by atoms with Crippen LogP contribution in [0.1, 0.15) is 15.9 Å². The molecule has 0 aliphatic heterocycles. The molecular formula is C13H9FN2O5. The molecule has 1 aromatic heterocycles. The van der Waals surface area contributed by atoms with Gasteiger partial charge in [0.1, 0.15) is 23.3 Å². The van der Waals surface area contributed by atoms with E-state index in [2.05, 4.69) is 4.98 Å². The van der Waals surface area contributed by atoms with Crippen LogP contribution in [0.2, 0.25) is 0 Å². The number of carboxylic acid groups (broad SMARTS) is 1. The first-order valence-electron chi connectivity index (χ1n) is 5.70. The lowest BCUT2D eigenvalue weighted by Crippen LogP contribution is -2.04. The summed E-state index contributed by atoms with van der Waals surface area (Å²) in [7, 11) is 0. The zero-order valence-electron chi connectivity index (χ0n) is 10.7. The third-order valence-corrected chi connectivity index (χ3v) is 2.63. The van der Waals surface area contributed by atoms with Crippen LogP contribution >= 0.6 is 0 Å². The van der Waals surface area contributed by atoms with E-state index in [9.17, 15) is 19.3 Å². The van der Waals surface area contributed by atoms with E-state index in [1.165, 1.54) is 12.1 Å². The number of aryl methyl sites for hydroxylation is 1. The summed E-state index contributed by atoms with van der Waals surface area (Å²) >= 11 is 0. The summed E-state index contributed by atoms with van der Waals surface area (Å²) in [6.45, 7) is 1.64. The number of aromatic carboxylic acids is 1. The molecule has 108 valence electrons. The summed E-state index contributed by atoms with van der Waals surface area (Å²) in [6, 6.07) is 4.59. The number of nitro groups is 1. The van der Waals surface area contributed by atoms with Gasteiger partial charge in [0.25, 0.3) is 5.69 Å². The number of carboxylic acids is 1. The van der Waals surface area contributed by atoms with Gasteiger partial charge in [-0.1, -0.05) is 6.07 Å². The highest BCUT2D eigenvalue weighted by Gasteiger charge is 2.19. The lowest BCUT2D eigenvalue weighted by molar-refractivity contribution is -0.385. The van der Waals surface area contributed by atoms with Gasteiger partial charge >= 0.3 is 5.97 Å². The predicted octanol–water partition coefficient (Wildman–Crippen LogP) is 2.93. The Morgan fingerprint density at radius 1 is 1.43 bits per heavy atom. The molecular weight excluding hydrogens is 283 g/mol. The number of hydrogen-bond acceptors (Lipinski definition) is 5. The number of rotatable bonds is 4. The van der Waals surface area contributed by atoms with Crippen molar-refractivity contribution in [2.75, 3.05) is 0 Å². The Labute approximate surface area is 117 Å². The number of aromatic nitrogens is 1. The van der Waals surface area contributed by atoms with Crippen molar-refractivity contribution < 1.29 is 24.0 Å². The molecule has 2 aromatic rings.